The number of unbranched alkanes of at least 4 members (excludes halogenated alkanes) is 1. The molecule has 19 nitrogen and oxygen atoms in total. The second-order valence-corrected chi connectivity index (χ2v) is 14.2. The van der Waals surface area contributed by atoms with Crippen molar-refractivity contribution in [2.75, 3.05) is 85.1 Å². The lowest BCUT2D eigenvalue weighted by atomic mass is 10.0. The van der Waals surface area contributed by atoms with Crippen LogP contribution in [0.5, 0.6) is 0 Å². The van der Waals surface area contributed by atoms with Gasteiger partial charge in [0.25, 0.3) is 5.91 Å². The normalized spacial score (nSPS) is 16.2. The fraction of sp³-hybridized carbons (Fsp3) is 0.513. The number of amides is 3. The maximum absolute atomic E-state index is 13.5. The molecule has 1 heterocycles. The first-order valence-corrected chi connectivity index (χ1v) is 19.2. The average Bonchev–Trinajstić information content (AvgIpc) is 3.17. The Bertz CT molecular complexity index is 1630. The molecule has 1 fully saturated rings. The van der Waals surface area contributed by atoms with Gasteiger partial charge in [0, 0.05) is 70.9 Å². The molecule has 58 heavy (non-hydrogen) atoms. The number of carboxylic acid groups (broad SMARTS) is 4. The molecule has 9 N–H and O–H groups in total. The Balaban J connectivity index is 1.70. The van der Waals surface area contributed by atoms with Gasteiger partial charge >= 0.3 is 23.9 Å². The Morgan fingerprint density at radius 3 is 1.57 bits per heavy atom. The Morgan fingerprint density at radius 1 is 0.603 bits per heavy atom. The highest BCUT2D eigenvalue weighted by Gasteiger charge is 2.25. The van der Waals surface area contributed by atoms with E-state index in [1.807, 2.05) is 6.07 Å². The second-order valence-electron chi connectivity index (χ2n) is 14.2. The maximum atomic E-state index is 13.5. The Labute approximate surface area is 337 Å². The summed E-state index contributed by atoms with van der Waals surface area (Å²) in [5, 5.41) is 45.6. The average molecular weight is 813 g/mol. The van der Waals surface area contributed by atoms with Crippen molar-refractivity contribution >= 4 is 41.6 Å². The van der Waals surface area contributed by atoms with Crippen molar-refractivity contribution in [3.05, 3.63) is 71.3 Å². The minimum Gasteiger partial charge on any atom is -0.480 e. The molecule has 2 aromatic rings. The van der Waals surface area contributed by atoms with Crippen LogP contribution >= 0.6 is 0 Å². The highest BCUT2D eigenvalue weighted by Crippen LogP contribution is 2.11. The van der Waals surface area contributed by atoms with E-state index in [0.29, 0.717) is 65.2 Å². The molecule has 0 spiro atoms. The predicted octanol–water partition coefficient (Wildman–Crippen LogP) is -1.18. The van der Waals surface area contributed by atoms with E-state index >= 15 is 0 Å². The van der Waals surface area contributed by atoms with Crippen molar-refractivity contribution in [1.29, 1.82) is 0 Å². The van der Waals surface area contributed by atoms with Crippen LogP contribution in [0.25, 0.3) is 0 Å². The van der Waals surface area contributed by atoms with Crippen LogP contribution in [0.2, 0.25) is 0 Å². The Morgan fingerprint density at radius 2 is 1.10 bits per heavy atom. The smallest absolute Gasteiger partial charge is 0.326 e. The van der Waals surface area contributed by atoms with Crippen LogP contribution in [0.3, 0.4) is 0 Å². The highest BCUT2D eigenvalue weighted by molar-refractivity contribution is 5.98. The van der Waals surface area contributed by atoms with Crippen molar-refractivity contribution in [2.45, 2.75) is 44.3 Å². The molecule has 2 atom stereocenters. The zero-order valence-electron chi connectivity index (χ0n) is 32.6. The molecule has 0 aromatic heterocycles. The number of nitrogens with zero attached hydrogens (tertiary/aromatic N) is 4. The molecule has 318 valence electrons. The number of benzene rings is 2. The summed E-state index contributed by atoms with van der Waals surface area (Å²) < 4.78 is 0. The van der Waals surface area contributed by atoms with E-state index in [1.165, 1.54) is 0 Å². The monoisotopic (exact) mass is 812 g/mol. The van der Waals surface area contributed by atoms with Crippen LogP contribution in [-0.4, -0.2) is 179 Å². The van der Waals surface area contributed by atoms with E-state index < -0.39 is 60.2 Å². The van der Waals surface area contributed by atoms with Gasteiger partial charge in [-0.2, -0.15) is 0 Å². The molecule has 2 unspecified atom stereocenters. The van der Waals surface area contributed by atoms with Crippen LogP contribution in [0.1, 0.15) is 40.7 Å². The van der Waals surface area contributed by atoms with E-state index in [9.17, 15) is 54.0 Å². The molecule has 0 aliphatic carbocycles. The van der Waals surface area contributed by atoms with Gasteiger partial charge in [0.05, 0.1) is 26.2 Å². The largest absolute Gasteiger partial charge is 0.480 e. The van der Waals surface area contributed by atoms with Crippen molar-refractivity contribution in [3.63, 3.8) is 0 Å². The summed E-state index contributed by atoms with van der Waals surface area (Å²) in [5.74, 6) is -6.15. The van der Waals surface area contributed by atoms with Crippen LogP contribution in [-0.2, 0) is 41.7 Å². The number of carboxylic acids is 4. The molecule has 0 saturated carbocycles. The van der Waals surface area contributed by atoms with Crippen molar-refractivity contribution in [1.82, 2.24) is 35.6 Å². The summed E-state index contributed by atoms with van der Waals surface area (Å²) in [6, 6.07) is 13.5. The van der Waals surface area contributed by atoms with Crippen LogP contribution in [0.4, 0.5) is 0 Å². The van der Waals surface area contributed by atoms with Crippen molar-refractivity contribution in [3.8, 4) is 0 Å². The van der Waals surface area contributed by atoms with Gasteiger partial charge in [-0.25, -0.2) is 4.79 Å². The number of hydrogen-bond donors (Lipinski definition) is 8. The third-order valence-electron chi connectivity index (χ3n) is 9.54. The zero-order valence-corrected chi connectivity index (χ0v) is 32.6. The van der Waals surface area contributed by atoms with Gasteiger partial charge in [-0.1, -0.05) is 42.5 Å². The van der Waals surface area contributed by atoms with Gasteiger partial charge in [0.1, 0.15) is 12.1 Å². The molecule has 1 aliphatic heterocycles. The van der Waals surface area contributed by atoms with Crippen LogP contribution in [0, 0.1) is 0 Å². The van der Waals surface area contributed by atoms with Gasteiger partial charge < -0.3 is 42.1 Å². The first-order chi connectivity index (χ1) is 27.7. The molecule has 19 heteroatoms. The first kappa shape index (κ1) is 46.9. The number of carbonyl (C=O) groups is 7. The Hall–Kier alpha value is -5.47. The van der Waals surface area contributed by atoms with Crippen molar-refractivity contribution < 1.29 is 54.0 Å². The molecular formula is C39H56N8O11. The first-order valence-electron chi connectivity index (χ1n) is 19.2. The van der Waals surface area contributed by atoms with E-state index in [4.69, 9.17) is 5.73 Å². The summed E-state index contributed by atoms with van der Waals surface area (Å²) >= 11 is 0. The molecule has 3 amide bonds. The fourth-order valence-electron chi connectivity index (χ4n) is 6.39. The van der Waals surface area contributed by atoms with Crippen LogP contribution in [0.15, 0.2) is 54.6 Å². The minimum atomic E-state index is -1.20. The SMILES string of the molecule is NCCCCC(NC(=O)CNC(=O)C(Cc1ccccc1)NC(=O)c1ccc(CN2CCN(CC(=O)O)CCN(CC(=O)O)CCN(CC(=O)O)CC2)cc1)C(=O)O. The third-order valence-corrected chi connectivity index (χ3v) is 9.54. The van der Waals surface area contributed by atoms with E-state index in [1.54, 1.807) is 63.2 Å². The number of rotatable bonds is 21. The molecule has 0 bridgehead atoms. The quantitative estimate of drug-likeness (QED) is 0.0689. The van der Waals surface area contributed by atoms with E-state index in [0.717, 1.165) is 11.1 Å². The number of carbonyl (C=O) groups excluding carboxylic acids is 3. The van der Waals surface area contributed by atoms with E-state index in [-0.39, 0.29) is 51.1 Å². The maximum Gasteiger partial charge on any atom is 0.326 e. The lowest BCUT2D eigenvalue weighted by Gasteiger charge is -2.33. The van der Waals surface area contributed by atoms with E-state index in [2.05, 4.69) is 20.9 Å². The summed E-state index contributed by atoms with van der Waals surface area (Å²) in [6.07, 6.45) is 1.40. The summed E-state index contributed by atoms with van der Waals surface area (Å²) in [4.78, 5) is 93.0. The summed E-state index contributed by atoms with van der Waals surface area (Å²) in [7, 11) is 0. The number of aliphatic carboxylic acids is 4. The highest BCUT2D eigenvalue weighted by atomic mass is 16.4. The van der Waals surface area contributed by atoms with Gasteiger partial charge in [-0.15, -0.1) is 0 Å². The van der Waals surface area contributed by atoms with Gasteiger partial charge in [0.2, 0.25) is 11.8 Å². The van der Waals surface area contributed by atoms with Gasteiger partial charge in [-0.05, 0) is 49.1 Å². The van der Waals surface area contributed by atoms with Gasteiger partial charge in [-0.3, -0.25) is 48.4 Å². The molecule has 0 radical (unpaired) electrons. The summed E-state index contributed by atoms with van der Waals surface area (Å²) in [5.41, 5.74) is 7.31. The number of nitrogens with one attached hydrogen (secondary N) is 3. The zero-order chi connectivity index (χ0) is 42.5. The number of nitrogens with two attached hydrogens (primary N) is 1. The lowest BCUT2D eigenvalue weighted by molar-refractivity contribution is -0.142. The number of hydrogen-bond acceptors (Lipinski definition) is 12. The molecule has 1 aliphatic rings. The molecular weight excluding hydrogens is 756 g/mol. The lowest BCUT2D eigenvalue weighted by Crippen LogP contribution is -2.51. The third kappa shape index (κ3) is 18.2. The second kappa shape index (κ2) is 25.0. The fourth-order valence-corrected chi connectivity index (χ4v) is 6.39. The molecule has 1 saturated heterocycles. The molecule has 2 aromatic carbocycles. The topological polar surface area (TPSA) is 275 Å². The summed E-state index contributed by atoms with van der Waals surface area (Å²) in [6.45, 7) is 2.29. The standard InChI is InChI=1S/C39H56N8O11/c40-13-5-4-8-31(39(57)58)42-33(48)23-41-38(56)32(22-28-6-2-1-3-7-28)43-37(55)30-11-9-29(10-12-30)24-44-14-16-45(25-34(49)50)18-20-47(27-36(53)54)21-19-46(17-15-44)26-35(51)52/h1-3,6-7,9-12,31-32H,4-5,8,13-27,40H2,(H,41,56)(H,42,48)(H,43,55)(H,49,50)(H,51,52)(H,53,54)(H,57,58). The van der Waals surface area contributed by atoms with Crippen LogP contribution < -0.4 is 21.7 Å². The van der Waals surface area contributed by atoms with Gasteiger partial charge in [0.15, 0.2) is 0 Å². The Kier molecular flexibility index (Phi) is 20.2. The minimum absolute atomic E-state index is 0.110. The predicted molar refractivity (Wildman–Crippen MR) is 211 cm³/mol. The van der Waals surface area contributed by atoms with Crippen molar-refractivity contribution in [2.24, 2.45) is 5.73 Å². The molecule has 3 rings (SSSR count).